The Morgan fingerprint density at radius 2 is 1.75 bits per heavy atom. The molecule has 1 unspecified atom stereocenters. The predicted molar refractivity (Wildman–Crippen MR) is 153 cm³/mol. The molecule has 0 aliphatic carbocycles. The predicted octanol–water partition coefficient (Wildman–Crippen LogP) is 5.26. The highest BCUT2D eigenvalue weighted by Crippen LogP contribution is 2.31. The van der Waals surface area contributed by atoms with Gasteiger partial charge in [-0.25, -0.2) is 14.8 Å². The van der Waals surface area contributed by atoms with E-state index in [-0.39, 0.29) is 12.2 Å². The number of aromatic amines is 1. The number of hydrogen-bond donors (Lipinski definition) is 2. The van der Waals surface area contributed by atoms with Crippen LogP contribution in [0.25, 0.3) is 22.5 Å². The lowest BCUT2D eigenvalue weighted by atomic mass is 9.93. The second kappa shape index (κ2) is 10.7. The maximum atomic E-state index is 13.1. The SMILES string of the molecule is O=C(OC1CCN2CCC1CC2)N1CCc2cc(-c3nccc(Nc4ccc(-c5cn[nH]c5)cc4)n3)ccc2C1. The summed E-state index contributed by atoms with van der Waals surface area (Å²) in [6.45, 7) is 4.56. The van der Waals surface area contributed by atoms with E-state index in [2.05, 4.69) is 49.7 Å². The molecule has 0 saturated carbocycles. The monoisotopic (exact) mass is 535 g/mol. The topological polar surface area (TPSA) is 99.3 Å². The molecule has 1 atom stereocenters. The molecular weight excluding hydrogens is 502 g/mol. The van der Waals surface area contributed by atoms with Gasteiger partial charge in [-0.15, -0.1) is 0 Å². The van der Waals surface area contributed by atoms with E-state index >= 15 is 0 Å². The zero-order chi connectivity index (χ0) is 26.9. The Kier molecular flexibility index (Phi) is 6.65. The van der Waals surface area contributed by atoms with Crippen molar-refractivity contribution in [3.63, 3.8) is 0 Å². The minimum atomic E-state index is -0.167. The highest BCUT2D eigenvalue weighted by Gasteiger charge is 2.34. The zero-order valence-electron chi connectivity index (χ0n) is 22.4. The third-order valence-corrected chi connectivity index (χ3v) is 8.52. The van der Waals surface area contributed by atoms with Crippen LogP contribution < -0.4 is 5.32 Å². The molecular formula is C31H33N7O2. The molecule has 40 heavy (non-hydrogen) atoms. The lowest BCUT2D eigenvalue weighted by Crippen LogP contribution is -2.40. The third kappa shape index (κ3) is 5.16. The molecule has 4 aliphatic heterocycles. The number of H-pyrrole nitrogens is 1. The van der Waals surface area contributed by atoms with Gasteiger partial charge in [0, 0.05) is 48.8 Å². The molecule has 6 heterocycles. The number of carbonyl (C=O) groups is 1. The Hall–Kier alpha value is -4.24. The van der Waals surface area contributed by atoms with Crippen molar-refractivity contribution in [3.05, 3.63) is 78.2 Å². The maximum Gasteiger partial charge on any atom is 0.410 e. The summed E-state index contributed by atoms with van der Waals surface area (Å²) in [5, 5.41) is 10.2. The Labute approximate surface area is 233 Å². The van der Waals surface area contributed by atoms with Gasteiger partial charge in [0.15, 0.2) is 5.82 Å². The van der Waals surface area contributed by atoms with E-state index in [1.165, 1.54) is 5.56 Å². The molecule has 3 fully saturated rings. The number of carbonyl (C=O) groups excluding carboxylic acids is 1. The summed E-state index contributed by atoms with van der Waals surface area (Å²) in [4.78, 5) is 26.7. The quantitative estimate of drug-likeness (QED) is 0.360. The van der Waals surface area contributed by atoms with Gasteiger partial charge in [-0.3, -0.25) is 5.10 Å². The van der Waals surface area contributed by atoms with Crippen LogP contribution in [0.1, 0.15) is 30.4 Å². The standard InChI is InChI=1S/C31H33N7O2/c39-31(40-28-11-15-37-13-8-22(28)9-14-37)38-16-10-23-17-24(1-2-25(23)20-38)30-32-12-7-29(36-30)35-27-5-3-21(4-6-27)26-18-33-34-19-26/h1-7,12,17-19,22,28H,8-11,13-16,20H2,(H,33,34)(H,32,35,36). The van der Waals surface area contributed by atoms with E-state index in [4.69, 9.17) is 9.72 Å². The number of hydrogen-bond acceptors (Lipinski definition) is 7. The largest absolute Gasteiger partial charge is 0.446 e. The van der Waals surface area contributed by atoms with Gasteiger partial charge < -0.3 is 19.9 Å². The second-order valence-corrected chi connectivity index (χ2v) is 11.0. The van der Waals surface area contributed by atoms with Gasteiger partial charge in [0.05, 0.1) is 6.20 Å². The van der Waals surface area contributed by atoms with E-state index in [0.29, 0.717) is 24.8 Å². The van der Waals surface area contributed by atoms with Crippen molar-refractivity contribution in [2.45, 2.75) is 38.3 Å². The molecule has 4 aromatic rings. The number of benzene rings is 2. The van der Waals surface area contributed by atoms with Crippen LogP contribution in [-0.4, -0.2) is 68.3 Å². The van der Waals surface area contributed by atoms with Crippen LogP contribution in [0.3, 0.4) is 0 Å². The fraction of sp³-hybridized carbons (Fsp3) is 0.355. The Morgan fingerprint density at radius 1 is 0.925 bits per heavy atom. The molecule has 4 aliphatic rings. The number of piperidine rings is 1. The molecule has 0 radical (unpaired) electrons. The molecule has 2 aromatic carbocycles. The van der Waals surface area contributed by atoms with Crippen LogP contribution in [0.2, 0.25) is 0 Å². The molecule has 1 amide bonds. The van der Waals surface area contributed by atoms with Crippen molar-refractivity contribution in [1.82, 2.24) is 30.0 Å². The van der Waals surface area contributed by atoms with Gasteiger partial charge in [-0.1, -0.05) is 24.3 Å². The van der Waals surface area contributed by atoms with Crippen molar-refractivity contribution in [2.24, 2.45) is 5.92 Å². The second-order valence-electron chi connectivity index (χ2n) is 11.0. The van der Waals surface area contributed by atoms with E-state index < -0.39 is 0 Å². The fourth-order valence-electron chi connectivity index (χ4n) is 6.17. The fourth-order valence-corrected chi connectivity index (χ4v) is 6.17. The van der Waals surface area contributed by atoms with Crippen molar-refractivity contribution < 1.29 is 9.53 Å². The Morgan fingerprint density at radius 3 is 2.58 bits per heavy atom. The van der Waals surface area contributed by atoms with Crippen LogP contribution in [0.4, 0.5) is 16.3 Å². The Bertz CT molecular complexity index is 1480. The molecule has 2 aromatic heterocycles. The Balaban J connectivity index is 1.01. The highest BCUT2D eigenvalue weighted by molar-refractivity contribution is 5.69. The molecule has 9 nitrogen and oxygen atoms in total. The first kappa shape index (κ1) is 24.8. The van der Waals surface area contributed by atoms with Crippen LogP contribution in [0, 0.1) is 5.92 Å². The normalized spacial score (nSPS) is 21.9. The highest BCUT2D eigenvalue weighted by atomic mass is 16.6. The summed E-state index contributed by atoms with van der Waals surface area (Å²) in [5.74, 6) is 1.91. The van der Waals surface area contributed by atoms with Crippen LogP contribution >= 0.6 is 0 Å². The minimum absolute atomic E-state index is 0.0520. The summed E-state index contributed by atoms with van der Waals surface area (Å²) < 4.78 is 6.07. The summed E-state index contributed by atoms with van der Waals surface area (Å²) >= 11 is 0. The molecule has 204 valence electrons. The number of nitrogens with zero attached hydrogens (tertiary/aromatic N) is 5. The van der Waals surface area contributed by atoms with Crippen LogP contribution in [-0.2, 0) is 17.7 Å². The molecule has 9 heteroatoms. The van der Waals surface area contributed by atoms with E-state index in [9.17, 15) is 4.79 Å². The minimum Gasteiger partial charge on any atom is -0.446 e. The smallest absolute Gasteiger partial charge is 0.410 e. The average Bonchev–Trinajstić information content (AvgIpc) is 3.40. The lowest BCUT2D eigenvalue weighted by Gasteiger charge is -2.32. The van der Waals surface area contributed by atoms with E-state index in [1.807, 2.05) is 35.4 Å². The zero-order valence-corrected chi connectivity index (χ0v) is 22.4. The average molecular weight is 536 g/mol. The number of nitrogens with one attached hydrogen (secondary N) is 2. The number of rotatable bonds is 5. The third-order valence-electron chi connectivity index (χ3n) is 8.52. The summed E-state index contributed by atoms with van der Waals surface area (Å²) in [7, 11) is 0. The number of fused-ring (bicyclic) bond motifs is 5. The molecule has 2 bridgehead atoms. The van der Waals surface area contributed by atoms with Gasteiger partial charge >= 0.3 is 6.09 Å². The first-order chi connectivity index (χ1) is 19.7. The summed E-state index contributed by atoms with van der Waals surface area (Å²) in [5.41, 5.74) is 6.46. The first-order valence-corrected chi connectivity index (χ1v) is 14.2. The van der Waals surface area contributed by atoms with Gasteiger partial charge in [0.25, 0.3) is 0 Å². The molecule has 8 rings (SSSR count). The number of anilines is 2. The lowest BCUT2D eigenvalue weighted by molar-refractivity contribution is 0.0286. The summed E-state index contributed by atoms with van der Waals surface area (Å²) in [6.07, 6.45) is 9.37. The van der Waals surface area contributed by atoms with Crippen molar-refractivity contribution >= 4 is 17.6 Å². The van der Waals surface area contributed by atoms with Crippen LogP contribution in [0.15, 0.2) is 67.1 Å². The van der Waals surface area contributed by atoms with Crippen molar-refractivity contribution in [1.29, 1.82) is 0 Å². The number of ether oxygens (including phenoxy) is 1. The molecule has 2 N–H and O–H groups in total. The van der Waals surface area contributed by atoms with Gasteiger partial charge in [-0.2, -0.15) is 5.10 Å². The number of amides is 1. The van der Waals surface area contributed by atoms with Crippen molar-refractivity contribution in [3.8, 4) is 22.5 Å². The van der Waals surface area contributed by atoms with Gasteiger partial charge in [-0.05, 0) is 85.6 Å². The summed E-state index contributed by atoms with van der Waals surface area (Å²) in [6, 6.07) is 16.3. The van der Waals surface area contributed by atoms with Gasteiger partial charge in [0.1, 0.15) is 11.9 Å². The maximum absolute atomic E-state index is 13.1. The number of aromatic nitrogens is 4. The van der Waals surface area contributed by atoms with Crippen LogP contribution in [0.5, 0.6) is 0 Å². The van der Waals surface area contributed by atoms with E-state index in [1.54, 1.807) is 12.4 Å². The van der Waals surface area contributed by atoms with Gasteiger partial charge in [0.2, 0.25) is 0 Å². The molecule has 0 spiro atoms. The molecule has 3 saturated heterocycles. The van der Waals surface area contributed by atoms with Crippen molar-refractivity contribution in [2.75, 3.05) is 31.5 Å². The van der Waals surface area contributed by atoms with E-state index in [0.717, 1.165) is 79.1 Å². The first-order valence-electron chi connectivity index (χ1n) is 14.2.